The molecule has 0 aliphatic heterocycles. The molecule has 0 spiro atoms. The van der Waals surface area contributed by atoms with Crippen molar-refractivity contribution >= 4 is 5.97 Å². The molecule has 1 heterocycles. The monoisotopic (exact) mass is 190 g/mol. The number of hydrogen-bond donors (Lipinski definition) is 2. The average Bonchev–Trinajstić information content (AvgIpc) is 1.88. The summed E-state index contributed by atoms with van der Waals surface area (Å²) in [5, 5.41) is 17.2. The van der Waals surface area contributed by atoms with Gasteiger partial charge in [-0.3, -0.25) is 0 Å². The summed E-state index contributed by atoms with van der Waals surface area (Å²) in [5.74, 6) is -1.53. The molecule has 0 unspecified atom stereocenters. The smallest absolute Gasteiger partial charge is 0.358 e. The van der Waals surface area contributed by atoms with Gasteiger partial charge >= 0.3 is 5.97 Å². The molecule has 2 N–H and O–H groups in total. The van der Waals surface area contributed by atoms with Gasteiger partial charge in [0, 0.05) is 24.8 Å². The van der Waals surface area contributed by atoms with E-state index in [1.54, 1.807) is 0 Å². The van der Waals surface area contributed by atoms with E-state index in [4.69, 9.17) is 10.2 Å². The maximum atomic E-state index is 10.2. The number of aromatic hydroxyl groups is 1. The standard InChI is InChI=1S/C6H5NO3.V/c8-4-2-1-3-7-5(4)6(9)10;/h1-3,8H,(H,9,10);. The van der Waals surface area contributed by atoms with Gasteiger partial charge in [0.25, 0.3) is 0 Å². The number of nitrogens with zero attached hydrogens (tertiary/aromatic N) is 1. The summed E-state index contributed by atoms with van der Waals surface area (Å²) >= 11 is 0. The molecule has 0 aliphatic rings. The molecule has 0 fully saturated rings. The zero-order valence-electron chi connectivity index (χ0n) is 5.43. The third kappa shape index (κ3) is 2.25. The van der Waals surface area contributed by atoms with Crippen LogP contribution in [-0.4, -0.2) is 21.2 Å². The van der Waals surface area contributed by atoms with Crippen LogP contribution >= 0.6 is 0 Å². The Hall–Kier alpha value is -0.996. The second-order valence-electron chi connectivity index (χ2n) is 1.68. The van der Waals surface area contributed by atoms with Crippen molar-refractivity contribution in [3.8, 4) is 5.75 Å². The minimum Gasteiger partial charge on any atom is -0.505 e. The first-order chi connectivity index (χ1) is 4.72. The van der Waals surface area contributed by atoms with Gasteiger partial charge in [-0.1, -0.05) is 0 Å². The fourth-order valence-corrected chi connectivity index (χ4v) is 0.562. The fraction of sp³-hybridized carbons (Fsp3) is 0. The molecule has 0 aliphatic carbocycles. The van der Waals surface area contributed by atoms with Crippen LogP contribution in [0.2, 0.25) is 0 Å². The van der Waals surface area contributed by atoms with Crippen LogP contribution < -0.4 is 0 Å². The predicted molar refractivity (Wildman–Crippen MR) is 32.9 cm³/mol. The van der Waals surface area contributed by atoms with Gasteiger partial charge in [0.15, 0.2) is 5.69 Å². The Kier molecular flexibility index (Phi) is 3.64. The van der Waals surface area contributed by atoms with Crippen molar-refractivity contribution < 1.29 is 33.6 Å². The fourth-order valence-electron chi connectivity index (χ4n) is 0.562. The molecular weight excluding hydrogens is 185 g/mol. The molecule has 0 atom stereocenters. The van der Waals surface area contributed by atoms with Crippen LogP contribution in [0.4, 0.5) is 0 Å². The Bertz CT molecular complexity index is 264. The summed E-state index contributed by atoms with van der Waals surface area (Å²) in [6, 6.07) is 2.73. The first kappa shape index (κ1) is 10.0. The zero-order chi connectivity index (χ0) is 7.56. The molecule has 0 saturated heterocycles. The van der Waals surface area contributed by atoms with Crippen molar-refractivity contribution in [2.75, 3.05) is 0 Å². The number of rotatable bonds is 1. The van der Waals surface area contributed by atoms with Crippen LogP contribution in [0.25, 0.3) is 0 Å². The summed E-state index contributed by atoms with van der Waals surface area (Å²) in [6.07, 6.45) is 1.31. The summed E-state index contributed by atoms with van der Waals surface area (Å²) in [6.45, 7) is 0. The van der Waals surface area contributed by atoms with E-state index in [0.29, 0.717) is 0 Å². The molecule has 1 rings (SSSR count). The van der Waals surface area contributed by atoms with Gasteiger partial charge in [-0.25, -0.2) is 9.78 Å². The van der Waals surface area contributed by atoms with Crippen LogP contribution in [0, 0.1) is 0 Å². The largest absolute Gasteiger partial charge is 0.505 e. The van der Waals surface area contributed by atoms with Crippen molar-refractivity contribution in [1.82, 2.24) is 4.98 Å². The predicted octanol–water partition coefficient (Wildman–Crippen LogP) is 0.483. The van der Waals surface area contributed by atoms with E-state index >= 15 is 0 Å². The van der Waals surface area contributed by atoms with E-state index in [2.05, 4.69) is 4.98 Å². The molecule has 0 saturated carbocycles. The van der Waals surface area contributed by atoms with Crippen molar-refractivity contribution in [2.24, 2.45) is 0 Å². The zero-order valence-corrected chi connectivity index (χ0v) is 6.83. The maximum absolute atomic E-state index is 10.2. The Morgan fingerprint density at radius 2 is 2.18 bits per heavy atom. The molecule has 0 aromatic carbocycles. The van der Waals surface area contributed by atoms with Crippen LogP contribution in [0.15, 0.2) is 18.3 Å². The van der Waals surface area contributed by atoms with Crippen LogP contribution in [0.1, 0.15) is 10.5 Å². The summed E-state index contributed by atoms with van der Waals surface area (Å²) in [5.41, 5.74) is -0.317. The van der Waals surface area contributed by atoms with Crippen molar-refractivity contribution in [3.63, 3.8) is 0 Å². The molecule has 0 bridgehead atoms. The summed E-state index contributed by atoms with van der Waals surface area (Å²) in [7, 11) is 0. The average molecular weight is 190 g/mol. The van der Waals surface area contributed by atoms with Crippen LogP contribution in [0.5, 0.6) is 5.75 Å². The molecule has 5 heteroatoms. The van der Waals surface area contributed by atoms with Crippen molar-refractivity contribution in [1.29, 1.82) is 0 Å². The van der Waals surface area contributed by atoms with Gasteiger partial charge in [-0.05, 0) is 12.1 Å². The molecular formula is C6H5NO3V. The molecule has 57 valence electrons. The third-order valence-corrected chi connectivity index (χ3v) is 0.989. The number of aromatic nitrogens is 1. The number of hydrogen-bond acceptors (Lipinski definition) is 3. The van der Waals surface area contributed by atoms with E-state index < -0.39 is 5.97 Å². The quantitative estimate of drug-likeness (QED) is 0.675. The number of pyridine rings is 1. The Balaban J connectivity index is 0.000001000. The van der Waals surface area contributed by atoms with Gasteiger partial charge in [-0.15, -0.1) is 0 Å². The number of carbonyl (C=O) groups is 1. The first-order valence-electron chi connectivity index (χ1n) is 2.59. The summed E-state index contributed by atoms with van der Waals surface area (Å²) < 4.78 is 0. The molecule has 4 nitrogen and oxygen atoms in total. The third-order valence-electron chi connectivity index (χ3n) is 0.989. The minimum atomic E-state index is -1.22. The van der Waals surface area contributed by atoms with E-state index in [0.717, 1.165) is 0 Å². The number of carboxylic acid groups (broad SMARTS) is 1. The molecule has 0 amide bonds. The van der Waals surface area contributed by atoms with Gasteiger partial charge in [0.05, 0.1) is 0 Å². The SMILES string of the molecule is O=C(O)c1ncccc1O.[V]. The van der Waals surface area contributed by atoms with Crippen molar-refractivity contribution in [3.05, 3.63) is 24.0 Å². The van der Waals surface area contributed by atoms with Gasteiger partial charge in [0.1, 0.15) is 5.75 Å². The second kappa shape index (κ2) is 4.00. The normalized spacial score (nSPS) is 8.36. The number of aromatic carboxylic acids is 1. The van der Waals surface area contributed by atoms with Crippen molar-refractivity contribution in [2.45, 2.75) is 0 Å². The van der Waals surface area contributed by atoms with Gasteiger partial charge in [0.2, 0.25) is 0 Å². The van der Waals surface area contributed by atoms with E-state index in [1.165, 1.54) is 18.3 Å². The molecule has 1 aromatic heterocycles. The van der Waals surface area contributed by atoms with E-state index in [-0.39, 0.29) is 30.0 Å². The minimum absolute atomic E-state index is 0. The topological polar surface area (TPSA) is 70.4 Å². The Morgan fingerprint density at radius 1 is 1.55 bits per heavy atom. The first-order valence-corrected chi connectivity index (χ1v) is 2.59. The molecule has 11 heavy (non-hydrogen) atoms. The Morgan fingerprint density at radius 3 is 2.55 bits per heavy atom. The molecule has 1 radical (unpaired) electrons. The second-order valence-corrected chi connectivity index (χ2v) is 1.68. The van der Waals surface area contributed by atoms with Crippen LogP contribution in [-0.2, 0) is 18.6 Å². The Labute approximate surface area is 74.8 Å². The van der Waals surface area contributed by atoms with Crippen LogP contribution in [0.3, 0.4) is 0 Å². The van der Waals surface area contributed by atoms with Gasteiger partial charge in [-0.2, -0.15) is 0 Å². The molecule has 1 aromatic rings. The number of carboxylic acids is 1. The summed E-state index contributed by atoms with van der Waals surface area (Å²) in [4.78, 5) is 13.6. The maximum Gasteiger partial charge on any atom is 0.358 e. The van der Waals surface area contributed by atoms with E-state index in [9.17, 15) is 4.79 Å². The van der Waals surface area contributed by atoms with Gasteiger partial charge < -0.3 is 10.2 Å². The van der Waals surface area contributed by atoms with E-state index in [1.807, 2.05) is 0 Å².